The SMILES string of the molecule is CCOC(=O)c1c(-n2c(C)cc(/C=C(\C#N)C(=O)Nc3ccc(C)cc3)c2C)sc2c1CCCC2. The summed E-state index contributed by atoms with van der Waals surface area (Å²) in [5.74, 6) is -0.748. The van der Waals surface area contributed by atoms with Gasteiger partial charge in [0, 0.05) is 22.0 Å². The number of hydrogen-bond acceptors (Lipinski definition) is 5. The molecule has 35 heavy (non-hydrogen) atoms. The maximum absolute atomic E-state index is 13.0. The standard InChI is InChI=1S/C28H29N3O3S/c1-5-34-28(33)25-23-8-6-7-9-24(23)35-27(25)31-18(3)14-20(19(31)4)15-21(16-29)26(32)30-22-12-10-17(2)11-13-22/h10-15H,5-9H2,1-4H3,(H,30,32)/b21-15+. The zero-order valence-corrected chi connectivity index (χ0v) is 21.3. The van der Waals surface area contributed by atoms with E-state index in [4.69, 9.17) is 4.74 Å². The molecule has 0 spiro atoms. The third-order valence-electron chi connectivity index (χ3n) is 6.28. The van der Waals surface area contributed by atoms with Crippen LogP contribution in [0.4, 0.5) is 5.69 Å². The second-order valence-corrected chi connectivity index (χ2v) is 9.85. The lowest BCUT2D eigenvalue weighted by molar-refractivity contribution is -0.112. The summed E-state index contributed by atoms with van der Waals surface area (Å²) in [6.45, 7) is 8.02. The van der Waals surface area contributed by atoms with Gasteiger partial charge in [0.1, 0.15) is 16.6 Å². The first-order chi connectivity index (χ1) is 16.8. The van der Waals surface area contributed by atoms with Crippen LogP contribution in [-0.2, 0) is 22.4 Å². The van der Waals surface area contributed by atoms with E-state index in [9.17, 15) is 14.9 Å². The Hall–Kier alpha value is -3.63. The monoisotopic (exact) mass is 487 g/mol. The molecular formula is C28H29N3O3S. The molecule has 2 aromatic heterocycles. The van der Waals surface area contributed by atoms with E-state index in [0.29, 0.717) is 17.9 Å². The number of nitrogens with zero attached hydrogens (tertiary/aromatic N) is 2. The van der Waals surface area contributed by atoms with Crippen molar-refractivity contribution in [3.05, 3.63) is 74.4 Å². The Morgan fingerprint density at radius 3 is 2.57 bits per heavy atom. The molecule has 0 atom stereocenters. The number of thiophene rings is 1. The van der Waals surface area contributed by atoms with Gasteiger partial charge in [-0.2, -0.15) is 5.26 Å². The fraction of sp³-hybridized carbons (Fsp3) is 0.321. The van der Waals surface area contributed by atoms with E-state index in [2.05, 4.69) is 5.32 Å². The summed E-state index contributed by atoms with van der Waals surface area (Å²) in [6.07, 6.45) is 5.64. The van der Waals surface area contributed by atoms with Gasteiger partial charge in [0.15, 0.2) is 0 Å². The second kappa shape index (κ2) is 10.3. The number of hydrogen-bond donors (Lipinski definition) is 1. The smallest absolute Gasteiger partial charge is 0.341 e. The summed E-state index contributed by atoms with van der Waals surface area (Å²) >= 11 is 1.64. The largest absolute Gasteiger partial charge is 0.462 e. The van der Waals surface area contributed by atoms with Crippen LogP contribution in [0.1, 0.15) is 63.1 Å². The van der Waals surface area contributed by atoms with Crippen molar-refractivity contribution in [2.45, 2.75) is 53.4 Å². The van der Waals surface area contributed by atoms with Gasteiger partial charge in [-0.05, 0) is 88.8 Å². The quantitative estimate of drug-likeness (QED) is 0.260. The van der Waals surface area contributed by atoms with Crippen molar-refractivity contribution in [1.29, 1.82) is 5.26 Å². The third kappa shape index (κ3) is 4.94. The number of aryl methyl sites for hydroxylation is 3. The minimum Gasteiger partial charge on any atom is -0.462 e. The number of carbonyl (C=O) groups excluding carboxylic acids is 2. The van der Waals surface area contributed by atoms with E-state index in [-0.39, 0.29) is 11.5 Å². The molecule has 1 aliphatic carbocycles. The van der Waals surface area contributed by atoms with Gasteiger partial charge in [-0.25, -0.2) is 4.79 Å². The van der Waals surface area contributed by atoms with Crippen LogP contribution in [-0.4, -0.2) is 23.1 Å². The first-order valence-corrected chi connectivity index (χ1v) is 12.7. The van der Waals surface area contributed by atoms with Crippen molar-refractivity contribution in [3.63, 3.8) is 0 Å². The first-order valence-electron chi connectivity index (χ1n) is 11.8. The van der Waals surface area contributed by atoms with Gasteiger partial charge in [-0.15, -0.1) is 11.3 Å². The number of rotatable bonds is 6. The number of benzene rings is 1. The lowest BCUT2D eigenvalue weighted by Gasteiger charge is -2.13. The van der Waals surface area contributed by atoms with Gasteiger partial charge in [-0.3, -0.25) is 4.79 Å². The lowest BCUT2D eigenvalue weighted by atomic mass is 9.95. The number of anilines is 1. The Morgan fingerprint density at radius 2 is 1.89 bits per heavy atom. The molecule has 0 fully saturated rings. The number of ether oxygens (including phenoxy) is 1. The molecule has 1 aliphatic rings. The molecule has 6 nitrogen and oxygen atoms in total. The summed E-state index contributed by atoms with van der Waals surface area (Å²) in [4.78, 5) is 27.0. The second-order valence-electron chi connectivity index (χ2n) is 8.76. The molecule has 0 saturated heterocycles. The average molecular weight is 488 g/mol. The summed E-state index contributed by atoms with van der Waals surface area (Å²) < 4.78 is 7.47. The van der Waals surface area contributed by atoms with E-state index < -0.39 is 5.91 Å². The van der Waals surface area contributed by atoms with Crippen LogP contribution in [0.25, 0.3) is 11.1 Å². The first kappa shape index (κ1) is 24.5. The van der Waals surface area contributed by atoms with Crippen molar-refractivity contribution >= 4 is 35.0 Å². The van der Waals surface area contributed by atoms with E-state index in [1.54, 1.807) is 17.4 Å². The van der Waals surface area contributed by atoms with Gasteiger partial charge < -0.3 is 14.6 Å². The van der Waals surface area contributed by atoms with Crippen molar-refractivity contribution < 1.29 is 14.3 Å². The molecule has 0 bridgehead atoms. The third-order valence-corrected chi connectivity index (χ3v) is 7.56. The Morgan fingerprint density at radius 1 is 1.17 bits per heavy atom. The Bertz CT molecular complexity index is 1350. The van der Waals surface area contributed by atoms with Gasteiger partial charge in [0.25, 0.3) is 5.91 Å². The summed E-state index contributed by atoms with van der Waals surface area (Å²) in [5, 5.41) is 13.3. The molecule has 180 valence electrons. The fourth-order valence-corrected chi connectivity index (χ4v) is 6.00. The predicted octanol–water partition coefficient (Wildman–Crippen LogP) is 6.07. The average Bonchev–Trinajstić information content (AvgIpc) is 3.35. The Balaban J connectivity index is 1.73. The van der Waals surface area contributed by atoms with Crippen molar-refractivity contribution in [2.75, 3.05) is 11.9 Å². The topological polar surface area (TPSA) is 84.1 Å². The normalized spacial score (nSPS) is 13.2. The molecule has 0 radical (unpaired) electrons. The number of amides is 1. The zero-order chi connectivity index (χ0) is 25.1. The highest BCUT2D eigenvalue weighted by molar-refractivity contribution is 7.15. The maximum Gasteiger partial charge on any atom is 0.341 e. The highest BCUT2D eigenvalue weighted by Gasteiger charge is 2.28. The van der Waals surface area contributed by atoms with E-state index in [0.717, 1.165) is 58.8 Å². The number of esters is 1. The maximum atomic E-state index is 13.0. The minimum atomic E-state index is -0.458. The van der Waals surface area contributed by atoms with E-state index >= 15 is 0 Å². The minimum absolute atomic E-state index is 0.0157. The molecule has 1 amide bonds. The van der Waals surface area contributed by atoms with Crippen LogP contribution >= 0.6 is 11.3 Å². The molecule has 0 unspecified atom stereocenters. The fourth-order valence-electron chi connectivity index (χ4n) is 4.51. The molecule has 0 saturated carbocycles. The molecule has 0 aliphatic heterocycles. The number of nitriles is 1. The van der Waals surface area contributed by atoms with Crippen LogP contribution < -0.4 is 5.32 Å². The van der Waals surface area contributed by atoms with Gasteiger partial charge >= 0.3 is 5.97 Å². The molecule has 1 aromatic carbocycles. The van der Waals surface area contributed by atoms with E-state index in [1.165, 1.54) is 4.88 Å². The molecule has 7 heteroatoms. The van der Waals surface area contributed by atoms with Gasteiger partial charge in [0.2, 0.25) is 0 Å². The predicted molar refractivity (Wildman–Crippen MR) is 139 cm³/mol. The van der Waals surface area contributed by atoms with Gasteiger partial charge in [0.05, 0.1) is 12.2 Å². The number of nitrogens with one attached hydrogen (secondary N) is 1. The van der Waals surface area contributed by atoms with Crippen LogP contribution in [0.5, 0.6) is 0 Å². The van der Waals surface area contributed by atoms with Crippen molar-refractivity contribution in [1.82, 2.24) is 4.57 Å². The van der Waals surface area contributed by atoms with Gasteiger partial charge in [-0.1, -0.05) is 17.7 Å². The van der Waals surface area contributed by atoms with Crippen LogP contribution in [0.2, 0.25) is 0 Å². The summed E-state index contributed by atoms with van der Waals surface area (Å²) in [5.41, 5.74) is 6.05. The van der Waals surface area contributed by atoms with Crippen LogP contribution in [0.3, 0.4) is 0 Å². The summed E-state index contributed by atoms with van der Waals surface area (Å²) in [7, 11) is 0. The van der Waals surface area contributed by atoms with Crippen molar-refractivity contribution in [3.8, 4) is 11.1 Å². The van der Waals surface area contributed by atoms with Crippen molar-refractivity contribution in [2.24, 2.45) is 0 Å². The number of carbonyl (C=O) groups is 2. The van der Waals surface area contributed by atoms with Crippen LogP contribution in [0, 0.1) is 32.1 Å². The lowest BCUT2D eigenvalue weighted by Crippen LogP contribution is -2.13. The molecule has 1 N–H and O–H groups in total. The summed E-state index contributed by atoms with van der Waals surface area (Å²) in [6, 6.07) is 11.4. The van der Waals surface area contributed by atoms with E-state index in [1.807, 2.05) is 68.7 Å². The molecule has 2 heterocycles. The molecular weight excluding hydrogens is 458 g/mol. The molecule has 3 aromatic rings. The highest BCUT2D eigenvalue weighted by Crippen LogP contribution is 2.39. The molecule has 4 rings (SSSR count). The Kier molecular flexibility index (Phi) is 7.23. The Labute approximate surface area is 209 Å². The number of aromatic nitrogens is 1. The number of fused-ring (bicyclic) bond motifs is 1. The zero-order valence-electron chi connectivity index (χ0n) is 20.5. The highest BCUT2D eigenvalue weighted by atomic mass is 32.1. The van der Waals surface area contributed by atoms with Crippen LogP contribution in [0.15, 0.2) is 35.9 Å².